The van der Waals surface area contributed by atoms with Crippen molar-refractivity contribution in [3.63, 3.8) is 0 Å². The highest BCUT2D eigenvalue weighted by atomic mass is 31.1. The number of hydrogen-bond donors (Lipinski definition) is 0. The Kier molecular flexibility index (Phi) is 3.90. The van der Waals surface area contributed by atoms with Crippen LogP contribution >= 0.6 is 8.69 Å². The zero-order valence-electron chi connectivity index (χ0n) is 14.4. The number of benzene rings is 1. The summed E-state index contributed by atoms with van der Waals surface area (Å²) in [6.07, 6.45) is 6.33. The summed E-state index contributed by atoms with van der Waals surface area (Å²) < 4.78 is 21.5. The molecule has 0 amide bonds. The fraction of sp³-hybridized carbons (Fsp3) is 0.684. The number of methoxy groups -OCH3 is 1. The zero-order chi connectivity index (χ0) is 17.0. The van der Waals surface area contributed by atoms with Gasteiger partial charge in [0, 0.05) is 13.0 Å². The first-order valence-electron chi connectivity index (χ1n) is 9.26. The molecule has 1 saturated heterocycles. The normalized spacial score (nSPS) is 44.7. The van der Waals surface area contributed by atoms with Gasteiger partial charge in [-0.25, -0.2) is 4.89 Å². The molecule has 5 nitrogen and oxygen atoms in total. The van der Waals surface area contributed by atoms with E-state index >= 15 is 0 Å². The van der Waals surface area contributed by atoms with Gasteiger partial charge in [0.25, 0.3) is 0 Å². The van der Waals surface area contributed by atoms with Crippen molar-refractivity contribution in [1.29, 1.82) is 0 Å². The number of ether oxygens (including phenoxy) is 1. The molecular formula is C19H24O5P+. The quantitative estimate of drug-likeness (QED) is 0.579. The molecule has 1 aromatic rings. The summed E-state index contributed by atoms with van der Waals surface area (Å²) in [5.74, 6) is 4.24. The van der Waals surface area contributed by atoms with E-state index in [2.05, 4.69) is 0 Å². The summed E-state index contributed by atoms with van der Waals surface area (Å²) in [5, 5.41) is 0. The van der Waals surface area contributed by atoms with E-state index in [1.165, 1.54) is 32.1 Å². The Bertz CT molecular complexity index is 632. The van der Waals surface area contributed by atoms with Crippen LogP contribution in [0.25, 0.3) is 0 Å². The van der Waals surface area contributed by atoms with Gasteiger partial charge in [0.2, 0.25) is 6.29 Å². The van der Waals surface area contributed by atoms with Crippen molar-refractivity contribution >= 4 is 8.69 Å². The van der Waals surface area contributed by atoms with E-state index in [1.807, 2.05) is 24.3 Å². The van der Waals surface area contributed by atoms with Crippen LogP contribution in [-0.2, 0) is 24.7 Å². The number of hydrogen-bond acceptors (Lipinski definition) is 5. The lowest BCUT2D eigenvalue weighted by atomic mass is 9.48. The minimum Gasteiger partial charge on any atom is -0.350 e. The molecule has 3 atom stereocenters. The van der Waals surface area contributed by atoms with Gasteiger partial charge < -0.3 is 4.74 Å². The van der Waals surface area contributed by atoms with Crippen LogP contribution in [0.3, 0.4) is 0 Å². The molecule has 0 N–H and O–H groups in total. The van der Waals surface area contributed by atoms with Gasteiger partial charge in [-0.3, -0.25) is 4.52 Å². The molecule has 4 saturated carbocycles. The molecule has 1 heterocycles. The molecule has 0 aromatic heterocycles. The SMILES string of the molecule is COC1OOC1(c1ccc(O[PH+]=O)cc1)C1C2CC3CC(C2)CC1C3. The molecule has 134 valence electrons. The van der Waals surface area contributed by atoms with Crippen LogP contribution in [0.4, 0.5) is 0 Å². The number of rotatable bonds is 5. The van der Waals surface area contributed by atoms with Crippen LogP contribution in [0, 0.1) is 29.6 Å². The highest BCUT2D eigenvalue weighted by Gasteiger charge is 2.66. The molecule has 6 heteroatoms. The monoisotopic (exact) mass is 363 g/mol. The van der Waals surface area contributed by atoms with Crippen LogP contribution in [-0.4, -0.2) is 13.4 Å². The summed E-state index contributed by atoms with van der Waals surface area (Å²) in [5.41, 5.74) is 0.542. The zero-order valence-corrected chi connectivity index (χ0v) is 15.4. The van der Waals surface area contributed by atoms with Gasteiger partial charge in [0.15, 0.2) is 11.4 Å². The first-order chi connectivity index (χ1) is 12.2. The molecule has 1 aliphatic heterocycles. The Morgan fingerprint density at radius 1 is 1.04 bits per heavy atom. The molecule has 3 unspecified atom stereocenters. The van der Waals surface area contributed by atoms with Crippen molar-refractivity contribution < 1.29 is 23.6 Å². The summed E-state index contributed by atoms with van der Waals surface area (Å²) in [7, 11) is 0.893. The van der Waals surface area contributed by atoms with Gasteiger partial charge >= 0.3 is 8.69 Å². The van der Waals surface area contributed by atoms with Crippen LogP contribution in [0.1, 0.15) is 37.7 Å². The Labute approximate surface area is 149 Å². The first-order valence-corrected chi connectivity index (χ1v) is 10.1. The van der Waals surface area contributed by atoms with E-state index in [9.17, 15) is 4.57 Å². The summed E-state index contributed by atoms with van der Waals surface area (Å²) >= 11 is 0. The van der Waals surface area contributed by atoms with Crippen LogP contribution < -0.4 is 4.52 Å². The second-order valence-electron chi connectivity index (χ2n) is 8.21. The highest BCUT2D eigenvalue weighted by Crippen LogP contribution is 2.64. The maximum atomic E-state index is 10.7. The average molecular weight is 363 g/mol. The minimum absolute atomic E-state index is 0.372. The fourth-order valence-electron chi connectivity index (χ4n) is 6.45. The Balaban J connectivity index is 1.52. The van der Waals surface area contributed by atoms with Gasteiger partial charge in [-0.05, 0) is 78.0 Å². The third-order valence-corrected chi connectivity index (χ3v) is 7.34. The Morgan fingerprint density at radius 2 is 1.68 bits per heavy atom. The van der Waals surface area contributed by atoms with E-state index in [1.54, 1.807) is 7.11 Å². The third kappa shape index (κ3) is 2.33. The first kappa shape index (κ1) is 16.2. The van der Waals surface area contributed by atoms with Gasteiger partial charge in [-0.2, -0.15) is 4.89 Å². The standard InChI is InChI=1S/C19H24O5P/c1-21-18-19(24-22-18,15-2-4-16(5-3-15)23-25-20)17-13-7-11-6-12(9-13)10-14(17)8-11/h2-5,11-14,17-18,25H,6-10H2,1H3/q+1. The van der Waals surface area contributed by atoms with Gasteiger partial charge in [-0.15, -0.1) is 0 Å². The molecule has 0 radical (unpaired) electrons. The molecule has 0 spiro atoms. The molecule has 1 aromatic carbocycles. The van der Waals surface area contributed by atoms with Crippen LogP contribution in [0.5, 0.6) is 5.75 Å². The summed E-state index contributed by atoms with van der Waals surface area (Å²) in [6.45, 7) is 0. The molecule has 6 rings (SSSR count). The van der Waals surface area contributed by atoms with Crippen molar-refractivity contribution in [3.8, 4) is 5.75 Å². The Morgan fingerprint density at radius 3 is 2.16 bits per heavy atom. The summed E-state index contributed by atoms with van der Waals surface area (Å²) in [6, 6.07) is 7.73. The maximum absolute atomic E-state index is 10.7. The van der Waals surface area contributed by atoms with E-state index in [0.717, 1.165) is 17.4 Å². The van der Waals surface area contributed by atoms with Crippen molar-refractivity contribution in [2.75, 3.05) is 7.11 Å². The summed E-state index contributed by atoms with van der Waals surface area (Å²) in [4.78, 5) is 11.3. The molecule has 25 heavy (non-hydrogen) atoms. The van der Waals surface area contributed by atoms with Crippen LogP contribution in [0.15, 0.2) is 24.3 Å². The second kappa shape index (κ2) is 6.02. The van der Waals surface area contributed by atoms with E-state index in [4.69, 9.17) is 19.0 Å². The van der Waals surface area contributed by atoms with Crippen LogP contribution in [0.2, 0.25) is 0 Å². The molecule has 5 aliphatic rings. The van der Waals surface area contributed by atoms with Crippen molar-refractivity contribution in [2.24, 2.45) is 29.6 Å². The fourth-order valence-corrected chi connectivity index (χ4v) is 6.68. The van der Waals surface area contributed by atoms with Gasteiger partial charge in [0.05, 0.1) is 0 Å². The topological polar surface area (TPSA) is 54.0 Å². The lowest BCUT2D eigenvalue weighted by molar-refractivity contribution is -0.583. The minimum atomic E-state index is -0.795. The molecular weight excluding hydrogens is 339 g/mol. The third-order valence-electron chi connectivity index (χ3n) is 7.02. The lowest BCUT2D eigenvalue weighted by Gasteiger charge is -2.62. The predicted octanol–water partition coefficient (Wildman–Crippen LogP) is 4.21. The van der Waals surface area contributed by atoms with E-state index < -0.39 is 14.3 Å². The maximum Gasteiger partial charge on any atom is 0.542 e. The predicted molar refractivity (Wildman–Crippen MR) is 91.3 cm³/mol. The van der Waals surface area contributed by atoms with Crippen molar-refractivity contribution in [2.45, 2.75) is 44.0 Å². The van der Waals surface area contributed by atoms with Gasteiger partial charge in [-0.1, -0.05) is 12.1 Å². The molecule has 5 fully saturated rings. The van der Waals surface area contributed by atoms with Gasteiger partial charge in [0.1, 0.15) is 0 Å². The second-order valence-corrected chi connectivity index (χ2v) is 8.58. The highest BCUT2D eigenvalue weighted by molar-refractivity contribution is 7.17. The average Bonchev–Trinajstić information content (AvgIpc) is 2.58. The Hall–Kier alpha value is -1.00. The van der Waals surface area contributed by atoms with Crippen molar-refractivity contribution in [3.05, 3.63) is 29.8 Å². The van der Waals surface area contributed by atoms with Crippen molar-refractivity contribution in [1.82, 2.24) is 0 Å². The van der Waals surface area contributed by atoms with E-state index in [0.29, 0.717) is 23.5 Å². The lowest BCUT2D eigenvalue weighted by Crippen LogP contribution is -2.65. The molecule has 4 aliphatic carbocycles. The molecule has 4 bridgehead atoms. The largest absolute Gasteiger partial charge is 0.542 e. The smallest absolute Gasteiger partial charge is 0.350 e. The van der Waals surface area contributed by atoms with E-state index in [-0.39, 0.29) is 6.29 Å².